The third-order valence-electron chi connectivity index (χ3n) is 1.93. The first-order chi connectivity index (χ1) is 7.06. The van der Waals surface area contributed by atoms with Crippen molar-refractivity contribution in [1.82, 2.24) is 19.7 Å². The van der Waals surface area contributed by atoms with Crippen LogP contribution in [0.2, 0.25) is 5.15 Å². The molecule has 2 heterocycles. The zero-order valence-corrected chi connectivity index (χ0v) is 9.15. The van der Waals surface area contributed by atoms with Gasteiger partial charge >= 0.3 is 0 Å². The number of rotatable bonds is 1. The first kappa shape index (κ1) is 9.92. The van der Waals surface area contributed by atoms with Crippen LogP contribution in [0.4, 0.5) is 5.95 Å². The van der Waals surface area contributed by atoms with E-state index in [1.807, 2.05) is 19.9 Å². The van der Waals surface area contributed by atoms with Gasteiger partial charge < -0.3 is 5.73 Å². The van der Waals surface area contributed by atoms with E-state index in [0.717, 1.165) is 11.4 Å². The summed E-state index contributed by atoms with van der Waals surface area (Å²) < 4.78 is 1.68. The molecule has 78 valence electrons. The lowest BCUT2D eigenvalue weighted by molar-refractivity contribution is 0.803. The van der Waals surface area contributed by atoms with Crippen molar-refractivity contribution in [1.29, 1.82) is 0 Å². The molecule has 0 atom stereocenters. The Morgan fingerprint density at radius 1 is 1.27 bits per heavy atom. The van der Waals surface area contributed by atoms with Crippen LogP contribution in [0.15, 0.2) is 12.1 Å². The Labute approximate surface area is 91.9 Å². The Balaban J connectivity index is 2.58. The predicted molar refractivity (Wildman–Crippen MR) is 58.1 cm³/mol. The van der Waals surface area contributed by atoms with Gasteiger partial charge in [0.1, 0.15) is 5.15 Å². The molecule has 0 spiro atoms. The van der Waals surface area contributed by atoms with Gasteiger partial charge in [0.2, 0.25) is 5.95 Å². The average molecular weight is 224 g/mol. The number of aryl methyl sites for hydroxylation is 2. The van der Waals surface area contributed by atoms with Gasteiger partial charge in [-0.05, 0) is 19.9 Å². The van der Waals surface area contributed by atoms with E-state index in [0.29, 0.717) is 11.0 Å². The van der Waals surface area contributed by atoms with Gasteiger partial charge in [-0.15, -0.1) is 0 Å². The number of nitrogens with two attached hydrogens (primary N) is 1. The number of nitrogen functional groups attached to an aromatic ring is 1. The van der Waals surface area contributed by atoms with E-state index in [1.165, 1.54) is 0 Å². The smallest absolute Gasteiger partial charge is 0.223 e. The lowest BCUT2D eigenvalue weighted by atomic mass is 10.4. The molecule has 0 saturated carbocycles. The fraction of sp³-hybridized carbons (Fsp3) is 0.222. The number of anilines is 1. The van der Waals surface area contributed by atoms with Crippen molar-refractivity contribution in [2.24, 2.45) is 0 Å². The number of halogens is 1. The van der Waals surface area contributed by atoms with Crippen molar-refractivity contribution < 1.29 is 0 Å². The Morgan fingerprint density at radius 2 is 2.00 bits per heavy atom. The van der Waals surface area contributed by atoms with Gasteiger partial charge in [-0.2, -0.15) is 10.1 Å². The highest BCUT2D eigenvalue weighted by Crippen LogP contribution is 2.14. The van der Waals surface area contributed by atoms with E-state index in [1.54, 1.807) is 10.7 Å². The third kappa shape index (κ3) is 1.92. The molecule has 6 heteroatoms. The molecule has 2 N–H and O–H groups in total. The van der Waals surface area contributed by atoms with Crippen LogP contribution in [0.25, 0.3) is 5.82 Å². The molecular formula is C9H10ClN5. The summed E-state index contributed by atoms with van der Waals surface area (Å²) in [6, 6.07) is 3.57. The Bertz CT molecular complexity index is 485. The van der Waals surface area contributed by atoms with E-state index >= 15 is 0 Å². The minimum absolute atomic E-state index is 0.144. The zero-order valence-electron chi connectivity index (χ0n) is 8.40. The second-order valence-corrected chi connectivity index (χ2v) is 3.63. The standard InChI is InChI=1S/C9H10ClN5/c1-5-3-6(2)15(14-5)8-4-7(10)12-9(11)13-8/h3-4H,1-2H3,(H2,11,12,13). The lowest BCUT2D eigenvalue weighted by Gasteiger charge is -2.03. The molecule has 0 amide bonds. The summed E-state index contributed by atoms with van der Waals surface area (Å²) >= 11 is 5.79. The maximum absolute atomic E-state index is 5.79. The van der Waals surface area contributed by atoms with E-state index in [4.69, 9.17) is 17.3 Å². The average Bonchev–Trinajstić information content (AvgIpc) is 2.43. The van der Waals surface area contributed by atoms with Crippen molar-refractivity contribution in [3.63, 3.8) is 0 Å². The Hall–Kier alpha value is -1.62. The number of hydrogen-bond acceptors (Lipinski definition) is 4. The molecular weight excluding hydrogens is 214 g/mol. The molecule has 5 nitrogen and oxygen atoms in total. The largest absolute Gasteiger partial charge is 0.368 e. The second kappa shape index (κ2) is 3.51. The van der Waals surface area contributed by atoms with Crippen molar-refractivity contribution >= 4 is 17.5 Å². The van der Waals surface area contributed by atoms with Crippen LogP contribution in [0.3, 0.4) is 0 Å². The summed E-state index contributed by atoms with van der Waals surface area (Å²) in [5.41, 5.74) is 7.40. The molecule has 0 aliphatic carbocycles. The molecule has 0 radical (unpaired) electrons. The van der Waals surface area contributed by atoms with Crippen LogP contribution in [-0.4, -0.2) is 19.7 Å². The van der Waals surface area contributed by atoms with E-state index in [9.17, 15) is 0 Å². The van der Waals surface area contributed by atoms with Gasteiger partial charge in [0.05, 0.1) is 5.69 Å². The van der Waals surface area contributed by atoms with E-state index < -0.39 is 0 Å². The zero-order chi connectivity index (χ0) is 11.0. The summed E-state index contributed by atoms with van der Waals surface area (Å²) in [5.74, 6) is 0.725. The topological polar surface area (TPSA) is 69.6 Å². The third-order valence-corrected chi connectivity index (χ3v) is 2.12. The van der Waals surface area contributed by atoms with Crippen LogP contribution in [0.5, 0.6) is 0 Å². The fourth-order valence-corrected chi connectivity index (χ4v) is 1.58. The van der Waals surface area contributed by atoms with Crippen molar-refractivity contribution in [3.8, 4) is 5.82 Å². The van der Waals surface area contributed by atoms with Crippen LogP contribution in [0.1, 0.15) is 11.4 Å². The molecule has 2 aromatic rings. The normalized spacial score (nSPS) is 10.6. The summed E-state index contributed by atoms with van der Waals surface area (Å²) in [6.07, 6.45) is 0. The van der Waals surface area contributed by atoms with Crippen LogP contribution < -0.4 is 5.73 Å². The van der Waals surface area contributed by atoms with E-state index in [2.05, 4.69) is 15.1 Å². The fourth-order valence-electron chi connectivity index (χ4n) is 1.39. The van der Waals surface area contributed by atoms with Gasteiger partial charge in [0.25, 0.3) is 0 Å². The number of nitrogens with zero attached hydrogens (tertiary/aromatic N) is 4. The minimum atomic E-state index is 0.144. The molecule has 0 aliphatic rings. The number of aromatic nitrogens is 4. The monoisotopic (exact) mass is 223 g/mol. The van der Waals surface area contributed by atoms with Crippen LogP contribution in [0, 0.1) is 13.8 Å². The Morgan fingerprint density at radius 3 is 2.53 bits per heavy atom. The van der Waals surface area contributed by atoms with Gasteiger partial charge in [0.15, 0.2) is 5.82 Å². The molecule has 0 saturated heterocycles. The summed E-state index contributed by atoms with van der Waals surface area (Å²) in [4.78, 5) is 7.85. The maximum atomic E-state index is 5.79. The highest BCUT2D eigenvalue weighted by Gasteiger charge is 2.07. The molecule has 15 heavy (non-hydrogen) atoms. The summed E-state index contributed by atoms with van der Waals surface area (Å²) in [6.45, 7) is 3.85. The van der Waals surface area contributed by atoms with E-state index in [-0.39, 0.29) is 5.95 Å². The predicted octanol–water partition coefficient (Wildman–Crippen LogP) is 1.51. The van der Waals surface area contributed by atoms with Crippen molar-refractivity contribution in [2.75, 3.05) is 5.73 Å². The SMILES string of the molecule is Cc1cc(C)n(-c2cc(Cl)nc(N)n2)n1. The summed E-state index contributed by atoms with van der Waals surface area (Å²) in [7, 11) is 0. The summed E-state index contributed by atoms with van der Waals surface area (Å²) in [5, 5.41) is 4.59. The van der Waals surface area contributed by atoms with Crippen molar-refractivity contribution in [2.45, 2.75) is 13.8 Å². The van der Waals surface area contributed by atoms with Gasteiger partial charge in [-0.3, -0.25) is 0 Å². The highest BCUT2D eigenvalue weighted by atomic mass is 35.5. The number of hydrogen-bond donors (Lipinski definition) is 1. The van der Waals surface area contributed by atoms with Crippen molar-refractivity contribution in [3.05, 3.63) is 28.7 Å². The molecule has 0 unspecified atom stereocenters. The first-order valence-electron chi connectivity index (χ1n) is 4.40. The molecule has 2 aromatic heterocycles. The van der Waals surface area contributed by atoms with Gasteiger partial charge in [-0.25, -0.2) is 9.67 Å². The first-order valence-corrected chi connectivity index (χ1v) is 4.78. The quantitative estimate of drug-likeness (QED) is 0.745. The minimum Gasteiger partial charge on any atom is -0.368 e. The Kier molecular flexibility index (Phi) is 2.32. The van der Waals surface area contributed by atoms with Gasteiger partial charge in [0, 0.05) is 11.8 Å². The van der Waals surface area contributed by atoms with Gasteiger partial charge in [-0.1, -0.05) is 11.6 Å². The lowest BCUT2D eigenvalue weighted by Crippen LogP contribution is -2.05. The van der Waals surface area contributed by atoms with Crippen LogP contribution in [-0.2, 0) is 0 Å². The molecule has 0 fully saturated rings. The molecule has 0 bridgehead atoms. The molecule has 2 rings (SSSR count). The van der Waals surface area contributed by atoms with Crippen LogP contribution >= 0.6 is 11.6 Å². The molecule has 0 aromatic carbocycles. The highest BCUT2D eigenvalue weighted by molar-refractivity contribution is 6.29. The molecule has 0 aliphatic heterocycles. The second-order valence-electron chi connectivity index (χ2n) is 3.25. The maximum Gasteiger partial charge on any atom is 0.223 e.